The Morgan fingerprint density at radius 1 is 1.12 bits per heavy atom. The highest BCUT2D eigenvalue weighted by Crippen LogP contribution is 2.30. The molecule has 0 spiro atoms. The molecule has 1 aliphatic carbocycles. The molecule has 0 bridgehead atoms. The van der Waals surface area contributed by atoms with Crippen LogP contribution in [0.4, 0.5) is 5.69 Å². The first-order valence-electron chi connectivity index (χ1n) is 8.82. The van der Waals surface area contributed by atoms with Gasteiger partial charge in [-0.2, -0.15) is 0 Å². The third-order valence-electron chi connectivity index (χ3n) is 4.93. The van der Waals surface area contributed by atoms with Gasteiger partial charge in [-0.15, -0.1) is 12.4 Å². The molecule has 4 nitrogen and oxygen atoms in total. The molecule has 0 saturated heterocycles. The Morgan fingerprint density at radius 2 is 1.85 bits per heavy atom. The van der Waals surface area contributed by atoms with Crippen molar-refractivity contribution in [3.63, 3.8) is 0 Å². The number of carbonyl (C=O) groups is 1. The van der Waals surface area contributed by atoms with Crippen molar-refractivity contribution in [2.45, 2.75) is 32.1 Å². The standard InChI is InChI=1S/C21H22N2O2.ClH/c22-18-6-4-14(5-7-18)8-9-23-21(24)12-17-13-25-20-11-16-3-1-2-15(16)10-19(17)20;/h4-7,10-11,13H,1-3,8-9,12,22H2,(H,23,24);1H. The maximum Gasteiger partial charge on any atom is 0.224 e. The first-order valence-corrected chi connectivity index (χ1v) is 8.82. The molecule has 3 aromatic rings. The van der Waals surface area contributed by atoms with Gasteiger partial charge in [0.25, 0.3) is 0 Å². The van der Waals surface area contributed by atoms with E-state index in [1.807, 2.05) is 24.3 Å². The van der Waals surface area contributed by atoms with Crippen LogP contribution in [0.15, 0.2) is 47.1 Å². The number of amides is 1. The van der Waals surface area contributed by atoms with Crippen molar-refractivity contribution in [2.24, 2.45) is 0 Å². The molecule has 4 rings (SSSR count). The van der Waals surface area contributed by atoms with Gasteiger partial charge in [0.15, 0.2) is 0 Å². The minimum atomic E-state index is 0. The SMILES string of the molecule is Cl.Nc1ccc(CCNC(=O)Cc2coc3cc4c(cc23)CCC4)cc1. The quantitative estimate of drug-likeness (QED) is 0.671. The van der Waals surface area contributed by atoms with Gasteiger partial charge in [-0.1, -0.05) is 12.1 Å². The van der Waals surface area contributed by atoms with E-state index in [0.29, 0.717) is 13.0 Å². The molecule has 0 unspecified atom stereocenters. The third-order valence-corrected chi connectivity index (χ3v) is 4.93. The van der Waals surface area contributed by atoms with Crippen LogP contribution in [0, 0.1) is 0 Å². The van der Waals surface area contributed by atoms with E-state index in [0.717, 1.165) is 41.5 Å². The van der Waals surface area contributed by atoms with Gasteiger partial charge in [0.05, 0.1) is 12.7 Å². The number of furan rings is 1. The van der Waals surface area contributed by atoms with Crippen LogP contribution in [-0.4, -0.2) is 12.5 Å². The van der Waals surface area contributed by atoms with Crippen molar-refractivity contribution in [2.75, 3.05) is 12.3 Å². The number of carbonyl (C=O) groups excluding carboxylic acids is 1. The molecule has 0 aliphatic heterocycles. The molecule has 0 fully saturated rings. The van der Waals surface area contributed by atoms with E-state index in [9.17, 15) is 4.79 Å². The number of fused-ring (bicyclic) bond motifs is 2. The fraction of sp³-hybridized carbons (Fsp3) is 0.286. The molecule has 1 aromatic heterocycles. The molecule has 1 heterocycles. The lowest BCUT2D eigenvalue weighted by molar-refractivity contribution is -0.120. The topological polar surface area (TPSA) is 68.3 Å². The number of nitrogen functional groups attached to an aromatic ring is 1. The summed E-state index contributed by atoms with van der Waals surface area (Å²) in [5, 5.41) is 4.07. The second-order valence-corrected chi connectivity index (χ2v) is 6.75. The lowest BCUT2D eigenvalue weighted by Crippen LogP contribution is -2.27. The van der Waals surface area contributed by atoms with Crippen LogP contribution < -0.4 is 11.1 Å². The minimum absolute atomic E-state index is 0. The Hall–Kier alpha value is -2.46. The normalized spacial score (nSPS) is 12.6. The largest absolute Gasteiger partial charge is 0.464 e. The lowest BCUT2D eigenvalue weighted by Gasteiger charge is -2.06. The first kappa shape index (κ1) is 18.3. The third kappa shape index (κ3) is 3.86. The number of anilines is 1. The number of hydrogen-bond acceptors (Lipinski definition) is 3. The van der Waals surface area contributed by atoms with Gasteiger partial charge in [-0.05, 0) is 66.6 Å². The zero-order chi connectivity index (χ0) is 17.2. The number of nitrogens with two attached hydrogens (primary N) is 1. The van der Waals surface area contributed by atoms with Crippen LogP contribution in [0.2, 0.25) is 0 Å². The van der Waals surface area contributed by atoms with E-state index >= 15 is 0 Å². The van der Waals surface area contributed by atoms with Crippen LogP contribution in [0.1, 0.15) is 28.7 Å². The maximum absolute atomic E-state index is 12.3. The molecule has 3 N–H and O–H groups in total. The summed E-state index contributed by atoms with van der Waals surface area (Å²) in [4.78, 5) is 12.3. The second-order valence-electron chi connectivity index (χ2n) is 6.75. The molecular formula is C21H23ClN2O2. The molecule has 0 radical (unpaired) electrons. The molecule has 1 amide bonds. The van der Waals surface area contributed by atoms with E-state index < -0.39 is 0 Å². The summed E-state index contributed by atoms with van der Waals surface area (Å²) >= 11 is 0. The van der Waals surface area contributed by atoms with E-state index in [-0.39, 0.29) is 18.3 Å². The number of halogens is 1. The number of rotatable bonds is 5. The fourth-order valence-corrected chi connectivity index (χ4v) is 3.55. The van der Waals surface area contributed by atoms with Gasteiger partial charge in [0.1, 0.15) is 5.58 Å². The van der Waals surface area contributed by atoms with Crippen LogP contribution in [0.5, 0.6) is 0 Å². The van der Waals surface area contributed by atoms with E-state index in [1.165, 1.54) is 23.1 Å². The van der Waals surface area contributed by atoms with Crippen LogP contribution in [0.25, 0.3) is 11.0 Å². The molecule has 136 valence electrons. The van der Waals surface area contributed by atoms with Crippen molar-refractivity contribution in [3.05, 3.63) is 64.9 Å². The van der Waals surface area contributed by atoms with Crippen molar-refractivity contribution in [1.82, 2.24) is 5.32 Å². The fourth-order valence-electron chi connectivity index (χ4n) is 3.55. The Balaban J connectivity index is 0.00000196. The average molecular weight is 371 g/mol. The number of hydrogen-bond donors (Lipinski definition) is 2. The number of benzene rings is 2. The highest BCUT2D eigenvalue weighted by atomic mass is 35.5. The summed E-state index contributed by atoms with van der Waals surface area (Å²) < 4.78 is 5.67. The van der Waals surface area contributed by atoms with Gasteiger partial charge in [-0.25, -0.2) is 0 Å². The van der Waals surface area contributed by atoms with E-state index in [4.69, 9.17) is 10.2 Å². The van der Waals surface area contributed by atoms with Gasteiger partial charge in [0.2, 0.25) is 5.91 Å². The van der Waals surface area contributed by atoms with Gasteiger partial charge >= 0.3 is 0 Å². The second kappa shape index (κ2) is 7.83. The predicted octanol–water partition coefficient (Wildman–Crippen LogP) is 3.83. The van der Waals surface area contributed by atoms with Crippen LogP contribution in [0.3, 0.4) is 0 Å². The van der Waals surface area contributed by atoms with Crippen molar-refractivity contribution >= 4 is 35.0 Å². The zero-order valence-corrected chi connectivity index (χ0v) is 15.4. The molecule has 0 saturated carbocycles. The Labute approximate surface area is 159 Å². The summed E-state index contributed by atoms with van der Waals surface area (Å²) in [7, 11) is 0. The zero-order valence-electron chi connectivity index (χ0n) is 14.6. The summed E-state index contributed by atoms with van der Waals surface area (Å²) in [5.41, 5.74) is 12.3. The minimum Gasteiger partial charge on any atom is -0.464 e. The van der Waals surface area contributed by atoms with Crippen molar-refractivity contribution in [3.8, 4) is 0 Å². The van der Waals surface area contributed by atoms with Gasteiger partial charge < -0.3 is 15.5 Å². The number of nitrogens with one attached hydrogen (secondary N) is 1. The number of aryl methyl sites for hydroxylation is 2. The molecule has 2 aromatic carbocycles. The predicted molar refractivity (Wildman–Crippen MR) is 107 cm³/mol. The summed E-state index contributed by atoms with van der Waals surface area (Å²) in [6.07, 6.45) is 6.35. The molecule has 26 heavy (non-hydrogen) atoms. The van der Waals surface area contributed by atoms with E-state index in [1.54, 1.807) is 6.26 Å². The molecule has 0 atom stereocenters. The summed E-state index contributed by atoms with van der Waals surface area (Å²) in [6, 6.07) is 12.1. The van der Waals surface area contributed by atoms with Gasteiger partial charge in [-0.3, -0.25) is 4.79 Å². The Bertz CT molecular complexity index is 916. The molecule has 5 heteroatoms. The highest BCUT2D eigenvalue weighted by molar-refractivity contribution is 5.88. The van der Waals surface area contributed by atoms with Crippen molar-refractivity contribution in [1.29, 1.82) is 0 Å². The average Bonchev–Trinajstić information content (AvgIpc) is 3.21. The van der Waals surface area contributed by atoms with Crippen LogP contribution in [-0.2, 0) is 30.5 Å². The Kier molecular flexibility index (Phi) is 5.52. The smallest absolute Gasteiger partial charge is 0.224 e. The van der Waals surface area contributed by atoms with Gasteiger partial charge in [0, 0.05) is 23.2 Å². The maximum atomic E-state index is 12.3. The van der Waals surface area contributed by atoms with Crippen LogP contribution >= 0.6 is 12.4 Å². The Morgan fingerprint density at radius 3 is 2.62 bits per heavy atom. The molecule has 1 aliphatic rings. The molecular weight excluding hydrogens is 348 g/mol. The van der Waals surface area contributed by atoms with E-state index in [2.05, 4.69) is 17.4 Å². The monoisotopic (exact) mass is 370 g/mol. The highest BCUT2D eigenvalue weighted by Gasteiger charge is 2.16. The summed E-state index contributed by atoms with van der Waals surface area (Å²) in [5.74, 6) is 0.0265. The lowest BCUT2D eigenvalue weighted by atomic mass is 10.0. The summed E-state index contributed by atoms with van der Waals surface area (Å²) in [6.45, 7) is 0.619. The van der Waals surface area contributed by atoms with Crippen molar-refractivity contribution < 1.29 is 9.21 Å². The first-order chi connectivity index (χ1) is 12.2.